The highest BCUT2D eigenvalue weighted by Crippen LogP contribution is 2.31. The molecule has 0 aliphatic heterocycles. The van der Waals surface area contributed by atoms with Crippen LogP contribution in [0.4, 0.5) is 5.82 Å². The van der Waals surface area contributed by atoms with Crippen molar-refractivity contribution < 1.29 is 0 Å². The molecule has 0 bridgehead atoms. The minimum absolute atomic E-state index is 0.617. The standard InChI is InChI=1S/C15H18BrN3/c1-19(11-6-3-2-4-7-11)15-12-8-5-9-13(16)14(12)17-10-18-15/h5,8-11H,2-4,6-7H2,1H3. The fourth-order valence-electron chi connectivity index (χ4n) is 2.96. The maximum Gasteiger partial charge on any atom is 0.139 e. The molecular formula is C15H18BrN3. The van der Waals surface area contributed by atoms with E-state index in [0.29, 0.717) is 6.04 Å². The smallest absolute Gasteiger partial charge is 0.139 e. The van der Waals surface area contributed by atoms with Gasteiger partial charge in [0.05, 0.1) is 5.52 Å². The van der Waals surface area contributed by atoms with Crippen LogP contribution in [0.3, 0.4) is 0 Å². The summed E-state index contributed by atoms with van der Waals surface area (Å²) in [5.41, 5.74) is 0.996. The zero-order valence-electron chi connectivity index (χ0n) is 11.1. The van der Waals surface area contributed by atoms with Crippen LogP contribution in [0, 0.1) is 0 Å². The summed E-state index contributed by atoms with van der Waals surface area (Å²) in [6.07, 6.45) is 8.26. The van der Waals surface area contributed by atoms with Gasteiger partial charge in [-0.1, -0.05) is 25.3 Å². The molecule has 1 heterocycles. The van der Waals surface area contributed by atoms with Crippen molar-refractivity contribution in [2.45, 2.75) is 38.1 Å². The number of para-hydroxylation sites is 1. The molecular weight excluding hydrogens is 302 g/mol. The maximum atomic E-state index is 4.52. The lowest BCUT2D eigenvalue weighted by Crippen LogP contribution is -2.34. The van der Waals surface area contributed by atoms with E-state index < -0.39 is 0 Å². The number of hydrogen-bond acceptors (Lipinski definition) is 3. The van der Waals surface area contributed by atoms with Crippen LogP contribution >= 0.6 is 15.9 Å². The second-order valence-electron chi connectivity index (χ2n) is 5.24. The summed E-state index contributed by atoms with van der Waals surface area (Å²) in [6.45, 7) is 0. The average Bonchev–Trinajstić information content (AvgIpc) is 2.47. The van der Waals surface area contributed by atoms with E-state index in [2.05, 4.69) is 43.9 Å². The summed E-state index contributed by atoms with van der Waals surface area (Å²) in [4.78, 5) is 11.2. The zero-order chi connectivity index (χ0) is 13.2. The lowest BCUT2D eigenvalue weighted by Gasteiger charge is -2.32. The Morgan fingerprint density at radius 1 is 1.16 bits per heavy atom. The summed E-state index contributed by atoms with van der Waals surface area (Å²) >= 11 is 3.57. The molecule has 0 saturated heterocycles. The number of rotatable bonds is 2. The van der Waals surface area contributed by atoms with Gasteiger partial charge in [0, 0.05) is 22.9 Å². The fourth-order valence-corrected chi connectivity index (χ4v) is 3.43. The number of aromatic nitrogens is 2. The number of halogens is 1. The Bertz CT molecular complexity index is 579. The van der Waals surface area contributed by atoms with Crippen molar-refractivity contribution in [3.05, 3.63) is 29.0 Å². The van der Waals surface area contributed by atoms with Gasteiger partial charge in [-0.2, -0.15) is 0 Å². The van der Waals surface area contributed by atoms with Crippen molar-refractivity contribution in [1.82, 2.24) is 9.97 Å². The Kier molecular flexibility index (Phi) is 3.69. The van der Waals surface area contributed by atoms with Gasteiger partial charge in [0.15, 0.2) is 0 Å². The van der Waals surface area contributed by atoms with Gasteiger partial charge in [0.25, 0.3) is 0 Å². The molecule has 100 valence electrons. The van der Waals surface area contributed by atoms with Crippen LogP contribution in [0.5, 0.6) is 0 Å². The van der Waals surface area contributed by atoms with Crippen molar-refractivity contribution in [3.63, 3.8) is 0 Å². The second-order valence-corrected chi connectivity index (χ2v) is 6.09. The number of hydrogen-bond donors (Lipinski definition) is 0. The minimum Gasteiger partial charge on any atom is -0.356 e. The predicted octanol–water partition coefficient (Wildman–Crippen LogP) is 4.16. The topological polar surface area (TPSA) is 29.0 Å². The normalized spacial score (nSPS) is 16.7. The van der Waals surface area contributed by atoms with E-state index in [1.165, 1.54) is 32.1 Å². The van der Waals surface area contributed by atoms with Gasteiger partial charge < -0.3 is 4.90 Å². The van der Waals surface area contributed by atoms with Gasteiger partial charge in [-0.05, 0) is 40.9 Å². The Morgan fingerprint density at radius 2 is 1.95 bits per heavy atom. The third kappa shape index (κ3) is 2.46. The van der Waals surface area contributed by atoms with Crippen LogP contribution in [-0.4, -0.2) is 23.1 Å². The average molecular weight is 320 g/mol. The molecule has 0 radical (unpaired) electrons. The summed E-state index contributed by atoms with van der Waals surface area (Å²) in [7, 11) is 2.17. The third-order valence-electron chi connectivity index (χ3n) is 4.05. The molecule has 1 fully saturated rings. The monoisotopic (exact) mass is 319 g/mol. The highest BCUT2D eigenvalue weighted by atomic mass is 79.9. The molecule has 1 aliphatic rings. The fraction of sp³-hybridized carbons (Fsp3) is 0.467. The molecule has 3 rings (SSSR count). The lowest BCUT2D eigenvalue weighted by atomic mass is 9.94. The van der Waals surface area contributed by atoms with Gasteiger partial charge >= 0.3 is 0 Å². The van der Waals surface area contributed by atoms with Crippen molar-refractivity contribution in [3.8, 4) is 0 Å². The van der Waals surface area contributed by atoms with Gasteiger partial charge in [0.2, 0.25) is 0 Å². The van der Waals surface area contributed by atoms with Crippen molar-refractivity contribution >= 4 is 32.7 Å². The molecule has 0 unspecified atom stereocenters. The Balaban J connectivity index is 2.02. The van der Waals surface area contributed by atoms with Crippen molar-refractivity contribution in [2.75, 3.05) is 11.9 Å². The van der Waals surface area contributed by atoms with E-state index in [9.17, 15) is 0 Å². The second kappa shape index (κ2) is 5.45. The lowest BCUT2D eigenvalue weighted by molar-refractivity contribution is 0.426. The van der Waals surface area contributed by atoms with Crippen LogP contribution in [0.25, 0.3) is 10.9 Å². The summed E-state index contributed by atoms with van der Waals surface area (Å²) < 4.78 is 1.03. The third-order valence-corrected chi connectivity index (χ3v) is 4.69. The van der Waals surface area contributed by atoms with Crippen LogP contribution in [0.2, 0.25) is 0 Å². The highest BCUT2D eigenvalue weighted by Gasteiger charge is 2.20. The van der Waals surface area contributed by atoms with Crippen LogP contribution in [0.15, 0.2) is 29.0 Å². The molecule has 19 heavy (non-hydrogen) atoms. The first-order chi connectivity index (χ1) is 9.27. The number of benzene rings is 1. The largest absolute Gasteiger partial charge is 0.356 e. The van der Waals surface area contributed by atoms with E-state index in [-0.39, 0.29) is 0 Å². The molecule has 3 nitrogen and oxygen atoms in total. The Labute approximate surface area is 122 Å². The van der Waals surface area contributed by atoms with Crippen molar-refractivity contribution in [2.24, 2.45) is 0 Å². The quantitative estimate of drug-likeness (QED) is 0.832. The molecule has 0 atom stereocenters. The minimum atomic E-state index is 0.617. The number of anilines is 1. The molecule has 1 saturated carbocycles. The number of fused-ring (bicyclic) bond motifs is 1. The van der Waals surface area contributed by atoms with Crippen LogP contribution in [-0.2, 0) is 0 Å². The molecule has 4 heteroatoms. The highest BCUT2D eigenvalue weighted by molar-refractivity contribution is 9.10. The van der Waals surface area contributed by atoms with E-state index in [4.69, 9.17) is 0 Å². The zero-order valence-corrected chi connectivity index (χ0v) is 12.7. The molecule has 1 aliphatic carbocycles. The summed E-state index contributed by atoms with van der Waals surface area (Å²) in [5, 5.41) is 1.13. The SMILES string of the molecule is CN(c1ncnc2c(Br)cccc12)C1CCCCC1. The molecule has 1 aromatic carbocycles. The molecule has 0 N–H and O–H groups in total. The van der Waals surface area contributed by atoms with E-state index >= 15 is 0 Å². The molecule has 2 aromatic rings. The van der Waals surface area contributed by atoms with Crippen LogP contribution < -0.4 is 4.90 Å². The first-order valence-electron chi connectivity index (χ1n) is 6.89. The van der Waals surface area contributed by atoms with Gasteiger partial charge in [-0.3, -0.25) is 0 Å². The van der Waals surface area contributed by atoms with Crippen LogP contribution in [0.1, 0.15) is 32.1 Å². The Morgan fingerprint density at radius 3 is 2.74 bits per heavy atom. The summed E-state index contributed by atoms with van der Waals surface area (Å²) in [5.74, 6) is 1.05. The summed E-state index contributed by atoms with van der Waals surface area (Å²) in [6, 6.07) is 6.80. The molecule has 1 aromatic heterocycles. The predicted molar refractivity (Wildman–Crippen MR) is 82.5 cm³/mol. The number of nitrogens with zero attached hydrogens (tertiary/aromatic N) is 3. The Hall–Kier alpha value is -1.16. The van der Waals surface area contributed by atoms with E-state index in [0.717, 1.165) is 21.2 Å². The first-order valence-corrected chi connectivity index (χ1v) is 7.69. The molecule has 0 spiro atoms. The van der Waals surface area contributed by atoms with Gasteiger partial charge in [0.1, 0.15) is 12.1 Å². The molecule has 0 amide bonds. The maximum absolute atomic E-state index is 4.52. The van der Waals surface area contributed by atoms with Crippen molar-refractivity contribution in [1.29, 1.82) is 0 Å². The first kappa shape index (κ1) is 12.9. The van der Waals surface area contributed by atoms with E-state index in [1.54, 1.807) is 6.33 Å². The van der Waals surface area contributed by atoms with E-state index in [1.807, 2.05) is 12.1 Å². The van der Waals surface area contributed by atoms with Gasteiger partial charge in [-0.15, -0.1) is 0 Å². The van der Waals surface area contributed by atoms with Gasteiger partial charge in [-0.25, -0.2) is 9.97 Å².